The van der Waals surface area contributed by atoms with E-state index in [2.05, 4.69) is 0 Å². The Bertz CT molecular complexity index is 374. The van der Waals surface area contributed by atoms with E-state index < -0.39 is 0 Å². The van der Waals surface area contributed by atoms with Crippen LogP contribution in [0.1, 0.15) is 37.7 Å². The molecule has 94 valence electrons. The van der Waals surface area contributed by atoms with Crippen LogP contribution in [0.4, 0.5) is 4.39 Å². The Morgan fingerprint density at radius 1 is 1.29 bits per heavy atom. The van der Waals surface area contributed by atoms with E-state index in [0.29, 0.717) is 10.9 Å². The Morgan fingerprint density at radius 3 is 2.65 bits per heavy atom. The van der Waals surface area contributed by atoms with Crippen molar-refractivity contribution in [3.05, 3.63) is 34.6 Å². The molecule has 2 rings (SSSR count). The maximum absolute atomic E-state index is 12.9. The summed E-state index contributed by atoms with van der Waals surface area (Å²) in [6.45, 7) is 0. The molecule has 2 N–H and O–H groups in total. The van der Waals surface area contributed by atoms with E-state index in [9.17, 15) is 4.39 Å². The van der Waals surface area contributed by atoms with E-state index in [1.165, 1.54) is 44.2 Å². The van der Waals surface area contributed by atoms with E-state index in [1.54, 1.807) is 6.07 Å². The van der Waals surface area contributed by atoms with Gasteiger partial charge in [0.05, 0.1) is 0 Å². The lowest BCUT2D eigenvalue weighted by molar-refractivity contribution is 0.303. The second-order valence-corrected chi connectivity index (χ2v) is 5.41. The van der Waals surface area contributed by atoms with Crippen LogP contribution in [-0.2, 0) is 6.42 Å². The van der Waals surface area contributed by atoms with E-state index in [0.717, 1.165) is 12.0 Å². The molecule has 1 aromatic rings. The van der Waals surface area contributed by atoms with Crippen molar-refractivity contribution in [2.75, 3.05) is 0 Å². The zero-order chi connectivity index (χ0) is 12.3. The van der Waals surface area contributed by atoms with Crippen molar-refractivity contribution < 1.29 is 4.39 Å². The summed E-state index contributed by atoms with van der Waals surface area (Å²) >= 11 is 6.02. The van der Waals surface area contributed by atoms with Crippen molar-refractivity contribution in [1.29, 1.82) is 0 Å². The lowest BCUT2D eigenvalue weighted by Gasteiger charge is -2.27. The Kier molecular flexibility index (Phi) is 4.41. The fraction of sp³-hybridized carbons (Fsp3) is 0.571. The molecule has 1 nitrogen and oxygen atoms in total. The summed E-state index contributed by atoms with van der Waals surface area (Å²) in [5.74, 6) is 0.315. The highest BCUT2D eigenvalue weighted by molar-refractivity contribution is 6.31. The molecule has 0 aliphatic heterocycles. The molecular formula is C14H19ClFN. The monoisotopic (exact) mass is 255 g/mol. The Labute approximate surface area is 107 Å². The van der Waals surface area contributed by atoms with Crippen LogP contribution in [0.5, 0.6) is 0 Å². The second-order valence-electron chi connectivity index (χ2n) is 5.00. The minimum atomic E-state index is -0.287. The van der Waals surface area contributed by atoms with E-state index >= 15 is 0 Å². The molecule has 0 aromatic heterocycles. The van der Waals surface area contributed by atoms with Crippen molar-refractivity contribution in [2.24, 2.45) is 11.7 Å². The summed E-state index contributed by atoms with van der Waals surface area (Å²) in [4.78, 5) is 0. The standard InChI is InChI=1S/C14H19ClFN/c15-13-9-12(16)7-6-11(13)8-14(17)10-4-2-1-3-5-10/h6-7,9-10,14H,1-5,8,17H2. The molecule has 1 saturated carbocycles. The summed E-state index contributed by atoms with van der Waals surface area (Å²) in [6, 6.07) is 4.72. The predicted molar refractivity (Wildman–Crippen MR) is 69.7 cm³/mol. The maximum Gasteiger partial charge on any atom is 0.124 e. The third-order valence-corrected chi connectivity index (χ3v) is 4.08. The summed E-state index contributed by atoms with van der Waals surface area (Å²) in [5, 5.41) is 0.497. The first-order chi connectivity index (χ1) is 8.16. The fourth-order valence-electron chi connectivity index (χ4n) is 2.67. The van der Waals surface area contributed by atoms with E-state index in [4.69, 9.17) is 17.3 Å². The van der Waals surface area contributed by atoms with Gasteiger partial charge >= 0.3 is 0 Å². The molecule has 3 heteroatoms. The largest absolute Gasteiger partial charge is 0.327 e. The van der Waals surface area contributed by atoms with Crippen LogP contribution in [0.15, 0.2) is 18.2 Å². The van der Waals surface area contributed by atoms with E-state index in [-0.39, 0.29) is 11.9 Å². The van der Waals surface area contributed by atoms with Crippen LogP contribution < -0.4 is 5.73 Å². The molecule has 1 unspecified atom stereocenters. The summed E-state index contributed by atoms with van der Waals surface area (Å²) < 4.78 is 12.9. The van der Waals surface area contributed by atoms with Gasteiger partial charge in [-0.3, -0.25) is 0 Å². The molecule has 0 radical (unpaired) electrons. The fourth-order valence-corrected chi connectivity index (χ4v) is 2.91. The van der Waals surface area contributed by atoms with E-state index in [1.807, 2.05) is 0 Å². The predicted octanol–water partition coefficient (Wildman–Crippen LogP) is 3.93. The molecule has 1 aromatic carbocycles. The number of hydrogen-bond acceptors (Lipinski definition) is 1. The first-order valence-electron chi connectivity index (χ1n) is 6.36. The molecule has 1 fully saturated rings. The molecule has 0 bridgehead atoms. The van der Waals surface area contributed by atoms with Crippen LogP contribution in [0.2, 0.25) is 5.02 Å². The van der Waals surface area contributed by atoms with Gasteiger partial charge in [0.25, 0.3) is 0 Å². The third kappa shape index (κ3) is 3.43. The number of nitrogens with two attached hydrogens (primary N) is 1. The van der Waals surface area contributed by atoms with Gasteiger partial charge in [-0.25, -0.2) is 4.39 Å². The first-order valence-corrected chi connectivity index (χ1v) is 6.74. The zero-order valence-corrected chi connectivity index (χ0v) is 10.7. The number of halogens is 2. The van der Waals surface area contributed by atoms with Gasteiger partial charge < -0.3 is 5.73 Å². The Balaban J connectivity index is 1.99. The minimum absolute atomic E-state index is 0.151. The lowest BCUT2D eigenvalue weighted by Crippen LogP contribution is -2.33. The normalized spacial score (nSPS) is 19.2. The van der Waals surface area contributed by atoms with Gasteiger partial charge in [0.15, 0.2) is 0 Å². The van der Waals surface area contributed by atoms with Gasteiger partial charge in [-0.05, 0) is 42.9 Å². The maximum atomic E-state index is 12.9. The lowest BCUT2D eigenvalue weighted by atomic mass is 9.82. The Morgan fingerprint density at radius 2 is 2.00 bits per heavy atom. The molecule has 0 saturated heterocycles. The average Bonchev–Trinajstić information content (AvgIpc) is 2.34. The van der Waals surface area contributed by atoms with Crippen molar-refractivity contribution in [1.82, 2.24) is 0 Å². The highest BCUT2D eigenvalue weighted by atomic mass is 35.5. The van der Waals surface area contributed by atoms with Crippen molar-refractivity contribution in [3.8, 4) is 0 Å². The van der Waals surface area contributed by atoms with Crippen LogP contribution in [0, 0.1) is 11.7 Å². The highest BCUT2D eigenvalue weighted by Gasteiger charge is 2.21. The third-order valence-electron chi connectivity index (χ3n) is 3.73. The highest BCUT2D eigenvalue weighted by Crippen LogP contribution is 2.28. The van der Waals surface area contributed by atoms with Crippen LogP contribution in [0.25, 0.3) is 0 Å². The minimum Gasteiger partial charge on any atom is -0.327 e. The van der Waals surface area contributed by atoms with Crippen LogP contribution in [0.3, 0.4) is 0 Å². The SMILES string of the molecule is NC(Cc1ccc(F)cc1Cl)C1CCCCC1. The average molecular weight is 256 g/mol. The van der Waals surface area contributed by atoms with Crippen molar-refractivity contribution in [3.63, 3.8) is 0 Å². The molecule has 1 atom stereocenters. The Hall–Kier alpha value is -0.600. The molecule has 17 heavy (non-hydrogen) atoms. The summed E-state index contributed by atoms with van der Waals surface area (Å²) in [5.41, 5.74) is 7.20. The summed E-state index contributed by atoms with van der Waals surface area (Å²) in [7, 11) is 0. The van der Waals surface area contributed by atoms with Gasteiger partial charge in [-0.15, -0.1) is 0 Å². The molecule has 0 amide bonds. The van der Waals surface area contributed by atoms with Crippen molar-refractivity contribution in [2.45, 2.75) is 44.6 Å². The molecule has 0 spiro atoms. The molecular weight excluding hydrogens is 237 g/mol. The van der Waals surface area contributed by atoms with Gasteiger partial charge in [-0.2, -0.15) is 0 Å². The molecule has 1 aliphatic rings. The number of benzene rings is 1. The van der Waals surface area contributed by atoms with Crippen LogP contribution >= 0.6 is 11.6 Å². The van der Waals surface area contributed by atoms with Crippen molar-refractivity contribution >= 4 is 11.6 Å². The summed E-state index contributed by atoms with van der Waals surface area (Å²) in [6.07, 6.45) is 7.11. The smallest absolute Gasteiger partial charge is 0.124 e. The van der Waals surface area contributed by atoms with Gasteiger partial charge in [-0.1, -0.05) is 36.9 Å². The van der Waals surface area contributed by atoms with Gasteiger partial charge in [0.2, 0.25) is 0 Å². The first kappa shape index (κ1) is 12.8. The van der Waals surface area contributed by atoms with Gasteiger partial charge in [0.1, 0.15) is 5.82 Å². The molecule has 1 aliphatic carbocycles. The topological polar surface area (TPSA) is 26.0 Å². The molecule has 0 heterocycles. The zero-order valence-electron chi connectivity index (χ0n) is 9.96. The van der Waals surface area contributed by atoms with Gasteiger partial charge in [0, 0.05) is 11.1 Å². The number of hydrogen-bond donors (Lipinski definition) is 1. The number of rotatable bonds is 3. The van der Waals surface area contributed by atoms with Crippen LogP contribution in [-0.4, -0.2) is 6.04 Å². The second kappa shape index (κ2) is 5.83. The quantitative estimate of drug-likeness (QED) is 0.870.